The predicted octanol–water partition coefficient (Wildman–Crippen LogP) is 1.53. The van der Waals surface area contributed by atoms with Gasteiger partial charge in [-0.2, -0.15) is 10.2 Å². The van der Waals surface area contributed by atoms with Crippen molar-refractivity contribution < 1.29 is 0 Å². The minimum Gasteiger partial charge on any atom is -0.307 e. The van der Waals surface area contributed by atoms with Gasteiger partial charge in [-0.1, -0.05) is 19.1 Å². The van der Waals surface area contributed by atoms with Gasteiger partial charge in [0.05, 0.1) is 5.69 Å². The zero-order valence-corrected chi connectivity index (χ0v) is 7.95. The van der Waals surface area contributed by atoms with Gasteiger partial charge in [0.2, 0.25) is 0 Å². The summed E-state index contributed by atoms with van der Waals surface area (Å²) in [6.45, 7) is 7.62. The highest BCUT2D eigenvalue weighted by Crippen LogP contribution is 1.94. The second-order valence-electron chi connectivity index (χ2n) is 2.92. The van der Waals surface area contributed by atoms with Crippen LogP contribution >= 0.6 is 0 Å². The maximum absolute atomic E-state index is 3.96. The molecule has 0 aromatic carbocycles. The van der Waals surface area contributed by atoms with Gasteiger partial charge in [-0.25, -0.2) is 0 Å². The molecular formula is C10H15N3. The molecule has 0 aliphatic carbocycles. The molecule has 3 heteroatoms. The third-order valence-corrected chi connectivity index (χ3v) is 1.81. The number of aromatic nitrogens is 2. The van der Waals surface area contributed by atoms with E-state index in [2.05, 4.69) is 29.0 Å². The SMILES string of the molecule is C=C(CC)CNCc1cccnn1. The van der Waals surface area contributed by atoms with Gasteiger partial charge in [-0.05, 0) is 18.6 Å². The highest BCUT2D eigenvalue weighted by Gasteiger charge is 1.93. The molecule has 0 atom stereocenters. The van der Waals surface area contributed by atoms with Crippen LogP contribution in [0.4, 0.5) is 0 Å². The maximum atomic E-state index is 3.96. The average Bonchev–Trinajstić information content (AvgIpc) is 2.19. The van der Waals surface area contributed by atoms with Crippen LogP contribution in [0, 0.1) is 0 Å². The van der Waals surface area contributed by atoms with E-state index in [0.717, 1.165) is 25.2 Å². The Hall–Kier alpha value is -1.22. The summed E-state index contributed by atoms with van der Waals surface area (Å²) in [5.74, 6) is 0. The Morgan fingerprint density at radius 3 is 3.08 bits per heavy atom. The van der Waals surface area contributed by atoms with Crippen LogP contribution in [-0.2, 0) is 6.54 Å². The molecule has 0 unspecified atom stereocenters. The van der Waals surface area contributed by atoms with E-state index in [9.17, 15) is 0 Å². The fourth-order valence-corrected chi connectivity index (χ4v) is 0.920. The molecule has 0 amide bonds. The smallest absolute Gasteiger partial charge is 0.0769 e. The summed E-state index contributed by atoms with van der Waals surface area (Å²) >= 11 is 0. The van der Waals surface area contributed by atoms with Crippen LogP contribution in [0.25, 0.3) is 0 Å². The standard InChI is InChI=1S/C10H15N3/c1-3-9(2)7-11-8-10-5-4-6-12-13-10/h4-6,11H,2-3,7-8H2,1H3. The van der Waals surface area contributed by atoms with E-state index in [1.807, 2.05) is 12.1 Å². The van der Waals surface area contributed by atoms with Gasteiger partial charge in [0.1, 0.15) is 0 Å². The zero-order valence-electron chi connectivity index (χ0n) is 7.95. The van der Waals surface area contributed by atoms with Crippen LogP contribution in [0.3, 0.4) is 0 Å². The maximum Gasteiger partial charge on any atom is 0.0769 e. The van der Waals surface area contributed by atoms with Gasteiger partial charge in [0, 0.05) is 19.3 Å². The van der Waals surface area contributed by atoms with E-state index in [-0.39, 0.29) is 0 Å². The summed E-state index contributed by atoms with van der Waals surface area (Å²) in [5.41, 5.74) is 2.18. The first-order valence-electron chi connectivity index (χ1n) is 4.47. The molecule has 0 aliphatic rings. The summed E-state index contributed by atoms with van der Waals surface area (Å²) in [5, 5.41) is 11.0. The molecule has 13 heavy (non-hydrogen) atoms. The molecule has 1 rings (SSSR count). The van der Waals surface area contributed by atoms with E-state index in [4.69, 9.17) is 0 Å². The first kappa shape index (κ1) is 9.86. The molecule has 0 saturated heterocycles. The summed E-state index contributed by atoms with van der Waals surface area (Å²) in [6, 6.07) is 3.84. The minimum atomic E-state index is 0.757. The average molecular weight is 177 g/mol. The van der Waals surface area contributed by atoms with Gasteiger partial charge in [0.15, 0.2) is 0 Å². The van der Waals surface area contributed by atoms with Crippen molar-refractivity contribution in [3.63, 3.8) is 0 Å². The van der Waals surface area contributed by atoms with Crippen molar-refractivity contribution in [3.8, 4) is 0 Å². The Kier molecular flexibility index (Phi) is 4.12. The first-order chi connectivity index (χ1) is 6.33. The van der Waals surface area contributed by atoms with E-state index < -0.39 is 0 Å². The molecule has 0 spiro atoms. The monoisotopic (exact) mass is 177 g/mol. The lowest BCUT2D eigenvalue weighted by Crippen LogP contribution is -2.16. The first-order valence-corrected chi connectivity index (χ1v) is 4.47. The van der Waals surface area contributed by atoms with Gasteiger partial charge in [-0.3, -0.25) is 0 Å². The van der Waals surface area contributed by atoms with Crippen molar-refractivity contribution in [3.05, 3.63) is 36.2 Å². The second-order valence-corrected chi connectivity index (χ2v) is 2.92. The Balaban J connectivity index is 2.24. The lowest BCUT2D eigenvalue weighted by molar-refractivity contribution is 0.700. The number of nitrogens with zero attached hydrogens (tertiary/aromatic N) is 2. The lowest BCUT2D eigenvalue weighted by atomic mass is 10.2. The second kappa shape index (κ2) is 5.43. The quantitative estimate of drug-likeness (QED) is 0.693. The topological polar surface area (TPSA) is 37.8 Å². The Labute approximate surface area is 78.9 Å². The minimum absolute atomic E-state index is 0.757. The fraction of sp³-hybridized carbons (Fsp3) is 0.400. The summed E-state index contributed by atoms with van der Waals surface area (Å²) in [4.78, 5) is 0. The molecule has 3 nitrogen and oxygen atoms in total. The van der Waals surface area contributed by atoms with Crippen molar-refractivity contribution >= 4 is 0 Å². The van der Waals surface area contributed by atoms with Crippen LogP contribution in [-0.4, -0.2) is 16.7 Å². The Morgan fingerprint density at radius 2 is 2.46 bits per heavy atom. The summed E-state index contributed by atoms with van der Waals surface area (Å²) in [7, 11) is 0. The van der Waals surface area contributed by atoms with Crippen molar-refractivity contribution in [2.45, 2.75) is 19.9 Å². The largest absolute Gasteiger partial charge is 0.307 e. The van der Waals surface area contributed by atoms with Crippen molar-refractivity contribution in [1.82, 2.24) is 15.5 Å². The van der Waals surface area contributed by atoms with Crippen LogP contribution in [0.2, 0.25) is 0 Å². The fourth-order valence-electron chi connectivity index (χ4n) is 0.920. The van der Waals surface area contributed by atoms with Crippen molar-refractivity contribution in [1.29, 1.82) is 0 Å². The number of rotatable bonds is 5. The normalized spacial score (nSPS) is 9.92. The Morgan fingerprint density at radius 1 is 1.62 bits per heavy atom. The molecule has 1 N–H and O–H groups in total. The lowest BCUT2D eigenvalue weighted by Gasteiger charge is -2.03. The van der Waals surface area contributed by atoms with E-state index >= 15 is 0 Å². The molecule has 0 bridgehead atoms. The van der Waals surface area contributed by atoms with Gasteiger partial charge in [0.25, 0.3) is 0 Å². The molecule has 0 aliphatic heterocycles. The van der Waals surface area contributed by atoms with Gasteiger partial charge >= 0.3 is 0 Å². The van der Waals surface area contributed by atoms with Crippen molar-refractivity contribution in [2.75, 3.05) is 6.54 Å². The van der Waals surface area contributed by atoms with Gasteiger partial charge < -0.3 is 5.32 Å². The third kappa shape index (κ3) is 3.80. The van der Waals surface area contributed by atoms with Gasteiger partial charge in [-0.15, -0.1) is 0 Å². The van der Waals surface area contributed by atoms with E-state index in [0.29, 0.717) is 0 Å². The highest BCUT2D eigenvalue weighted by atomic mass is 15.1. The predicted molar refractivity (Wildman–Crippen MR) is 53.2 cm³/mol. The molecule has 1 aromatic heterocycles. The molecule has 1 aromatic rings. The van der Waals surface area contributed by atoms with E-state index in [1.165, 1.54) is 5.57 Å². The summed E-state index contributed by atoms with van der Waals surface area (Å²) < 4.78 is 0. The van der Waals surface area contributed by atoms with Crippen LogP contribution in [0.15, 0.2) is 30.5 Å². The molecular weight excluding hydrogens is 162 g/mol. The molecule has 70 valence electrons. The Bertz CT molecular complexity index is 256. The molecule has 1 heterocycles. The number of hydrogen-bond donors (Lipinski definition) is 1. The number of hydrogen-bond acceptors (Lipinski definition) is 3. The van der Waals surface area contributed by atoms with Crippen LogP contribution < -0.4 is 5.32 Å². The molecule has 0 radical (unpaired) electrons. The highest BCUT2D eigenvalue weighted by molar-refractivity contribution is 5.00. The third-order valence-electron chi connectivity index (χ3n) is 1.81. The van der Waals surface area contributed by atoms with E-state index in [1.54, 1.807) is 6.20 Å². The molecule has 0 saturated carbocycles. The van der Waals surface area contributed by atoms with Crippen LogP contribution in [0.1, 0.15) is 19.0 Å². The van der Waals surface area contributed by atoms with Crippen molar-refractivity contribution in [2.24, 2.45) is 0 Å². The van der Waals surface area contributed by atoms with Crippen LogP contribution in [0.5, 0.6) is 0 Å². The zero-order chi connectivity index (χ0) is 9.52. The summed E-state index contributed by atoms with van der Waals surface area (Å²) in [6.07, 6.45) is 2.70. The number of nitrogens with one attached hydrogen (secondary N) is 1. The molecule has 0 fully saturated rings.